The van der Waals surface area contributed by atoms with E-state index in [1.807, 2.05) is 29.2 Å². The van der Waals surface area contributed by atoms with Crippen molar-refractivity contribution in [2.45, 2.75) is 0 Å². The molecule has 0 aliphatic carbocycles. The summed E-state index contributed by atoms with van der Waals surface area (Å²) < 4.78 is 32.7. The number of hydrogen-bond donors (Lipinski definition) is 0. The number of amidine groups is 1. The number of para-hydroxylation sites is 1. The Morgan fingerprint density at radius 3 is 2.72 bits per heavy atom. The molecule has 3 aliphatic heterocycles. The number of hydrazine groups is 1. The fraction of sp³-hybridized carbons (Fsp3) is 0.105. The molecule has 6 rings (SSSR count). The number of nitrogens with zero attached hydrogens (tertiary/aromatic N) is 7. The highest BCUT2D eigenvalue weighted by Crippen LogP contribution is 2.40. The van der Waals surface area contributed by atoms with E-state index >= 15 is 0 Å². The van der Waals surface area contributed by atoms with Gasteiger partial charge in [0.25, 0.3) is 0 Å². The predicted octanol–water partition coefficient (Wildman–Crippen LogP) is 3.09. The highest BCUT2D eigenvalue weighted by atomic mass is 19.2. The van der Waals surface area contributed by atoms with Crippen molar-refractivity contribution >= 4 is 17.5 Å². The monoisotopic (exact) mass is 393 g/mol. The molecule has 4 heterocycles. The second-order valence-corrected chi connectivity index (χ2v) is 6.72. The molecule has 0 amide bonds. The number of rotatable bonds is 2. The molecule has 144 valence electrons. The molecule has 0 atom stereocenters. The zero-order valence-corrected chi connectivity index (χ0v) is 14.9. The lowest BCUT2D eigenvalue weighted by atomic mass is 10.1. The molecule has 1 aromatic heterocycles. The van der Waals surface area contributed by atoms with Gasteiger partial charge in [-0.3, -0.25) is 0 Å². The molecular formula is C19H13F2N7O. The Bertz CT molecular complexity index is 1170. The molecule has 29 heavy (non-hydrogen) atoms. The first-order valence-corrected chi connectivity index (χ1v) is 8.92. The van der Waals surface area contributed by atoms with Gasteiger partial charge in [-0.2, -0.15) is 10.1 Å². The molecule has 0 saturated heterocycles. The maximum absolute atomic E-state index is 14.1. The maximum Gasteiger partial charge on any atom is 0.345 e. The molecule has 0 radical (unpaired) electrons. The quantitative estimate of drug-likeness (QED) is 0.620. The van der Waals surface area contributed by atoms with E-state index in [-0.39, 0.29) is 25.2 Å². The minimum absolute atomic E-state index is 0.0780. The van der Waals surface area contributed by atoms with E-state index < -0.39 is 0 Å². The third-order valence-electron chi connectivity index (χ3n) is 5.00. The van der Waals surface area contributed by atoms with Crippen LogP contribution in [0.4, 0.5) is 20.6 Å². The van der Waals surface area contributed by atoms with Crippen molar-refractivity contribution in [2.75, 3.05) is 23.2 Å². The zero-order chi connectivity index (χ0) is 19.5. The van der Waals surface area contributed by atoms with Crippen LogP contribution in [0, 0.1) is 5.82 Å². The van der Waals surface area contributed by atoms with E-state index in [4.69, 9.17) is 4.52 Å². The normalized spacial score (nSPS) is 17.2. The van der Waals surface area contributed by atoms with Crippen LogP contribution in [-0.4, -0.2) is 39.4 Å². The van der Waals surface area contributed by atoms with Crippen molar-refractivity contribution in [1.29, 1.82) is 0 Å². The van der Waals surface area contributed by atoms with Crippen molar-refractivity contribution in [3.8, 4) is 11.4 Å². The van der Waals surface area contributed by atoms with Crippen LogP contribution >= 0.6 is 0 Å². The first-order chi connectivity index (χ1) is 14.2. The fourth-order valence-electron chi connectivity index (χ4n) is 3.70. The van der Waals surface area contributed by atoms with Crippen LogP contribution in [0.1, 0.15) is 5.56 Å². The van der Waals surface area contributed by atoms with Gasteiger partial charge in [0.15, 0.2) is 11.7 Å². The van der Waals surface area contributed by atoms with Crippen molar-refractivity contribution in [3.05, 3.63) is 71.9 Å². The van der Waals surface area contributed by atoms with Gasteiger partial charge in [0, 0.05) is 11.1 Å². The lowest BCUT2D eigenvalue weighted by molar-refractivity contribution is 0.104. The summed E-state index contributed by atoms with van der Waals surface area (Å²) in [5.74, 6) is 1.27. The standard InChI is InChI=1S/C19H13F2N7O/c20-13-7-5-12(6-8-13)17-23-19(29-24-17)27-10-22-18-14-3-1-2-4-15(14)26-11-25(21)9-16(26)28(18)27/h1-9H,10-11H2. The van der Waals surface area contributed by atoms with Crippen LogP contribution in [0.5, 0.6) is 0 Å². The van der Waals surface area contributed by atoms with Gasteiger partial charge in [-0.15, -0.1) is 0 Å². The molecule has 3 aliphatic rings. The van der Waals surface area contributed by atoms with Crippen molar-refractivity contribution < 1.29 is 13.4 Å². The first-order valence-electron chi connectivity index (χ1n) is 8.92. The number of halogens is 2. The average molecular weight is 393 g/mol. The van der Waals surface area contributed by atoms with Crippen molar-refractivity contribution in [2.24, 2.45) is 4.99 Å². The molecule has 3 aromatic rings. The summed E-state index contributed by atoms with van der Waals surface area (Å²) in [6.07, 6.45) is 1.40. The molecule has 0 unspecified atom stereocenters. The Hall–Kier alpha value is -3.95. The van der Waals surface area contributed by atoms with Gasteiger partial charge in [-0.1, -0.05) is 21.8 Å². The Kier molecular flexibility index (Phi) is 3.19. The molecule has 8 nitrogen and oxygen atoms in total. The van der Waals surface area contributed by atoms with E-state index in [1.165, 1.54) is 18.3 Å². The van der Waals surface area contributed by atoms with Gasteiger partial charge in [0.05, 0.1) is 11.9 Å². The summed E-state index contributed by atoms with van der Waals surface area (Å²) in [7, 11) is 0. The molecule has 0 spiro atoms. The van der Waals surface area contributed by atoms with Crippen LogP contribution < -0.4 is 9.91 Å². The van der Waals surface area contributed by atoms with Crippen LogP contribution in [0.2, 0.25) is 0 Å². The fourth-order valence-corrected chi connectivity index (χ4v) is 3.70. The van der Waals surface area contributed by atoms with Gasteiger partial charge >= 0.3 is 6.01 Å². The van der Waals surface area contributed by atoms with E-state index in [2.05, 4.69) is 15.1 Å². The number of anilines is 2. The smallest absolute Gasteiger partial charge is 0.313 e. The zero-order valence-electron chi connectivity index (χ0n) is 14.9. The summed E-state index contributed by atoms with van der Waals surface area (Å²) in [4.78, 5) is 10.9. The lowest BCUT2D eigenvalue weighted by Gasteiger charge is -2.38. The minimum atomic E-state index is -0.342. The molecule has 2 aromatic carbocycles. The summed E-state index contributed by atoms with van der Waals surface area (Å²) in [6, 6.07) is 13.7. The van der Waals surface area contributed by atoms with Crippen molar-refractivity contribution in [3.63, 3.8) is 0 Å². The third-order valence-corrected chi connectivity index (χ3v) is 5.00. The topological polar surface area (TPSA) is 64.2 Å². The second-order valence-electron chi connectivity index (χ2n) is 6.72. The predicted molar refractivity (Wildman–Crippen MR) is 100 cm³/mol. The number of fused-ring (bicyclic) bond motifs is 6. The minimum Gasteiger partial charge on any atom is -0.313 e. The van der Waals surface area contributed by atoms with Gasteiger partial charge in [-0.05, 0) is 36.4 Å². The van der Waals surface area contributed by atoms with Crippen molar-refractivity contribution in [1.82, 2.24) is 20.3 Å². The average Bonchev–Trinajstić information content (AvgIpc) is 3.45. The van der Waals surface area contributed by atoms with Gasteiger partial charge in [0.2, 0.25) is 5.82 Å². The first kappa shape index (κ1) is 16.0. The number of benzene rings is 2. The summed E-state index contributed by atoms with van der Waals surface area (Å²) >= 11 is 0. The highest BCUT2D eigenvalue weighted by Gasteiger charge is 2.43. The van der Waals surface area contributed by atoms with E-state index in [0.29, 0.717) is 28.2 Å². The van der Waals surface area contributed by atoms with Crippen LogP contribution in [0.25, 0.3) is 11.4 Å². The van der Waals surface area contributed by atoms with Gasteiger partial charge in [-0.25, -0.2) is 19.4 Å². The van der Waals surface area contributed by atoms with E-state index in [9.17, 15) is 8.87 Å². The summed E-state index contributed by atoms with van der Waals surface area (Å²) in [5.41, 5.74) is 2.40. The van der Waals surface area contributed by atoms with Gasteiger partial charge < -0.3 is 9.42 Å². The van der Waals surface area contributed by atoms with E-state index in [0.717, 1.165) is 11.3 Å². The highest BCUT2D eigenvalue weighted by molar-refractivity contribution is 6.08. The molecule has 0 bridgehead atoms. The third kappa shape index (κ3) is 2.32. The number of hydrogen-bond acceptors (Lipinski definition) is 8. The summed E-state index contributed by atoms with van der Waals surface area (Å²) in [6.45, 7) is 0.320. The molecule has 0 N–H and O–H groups in total. The number of aliphatic imine (C=N–C) groups is 1. The van der Waals surface area contributed by atoms with Crippen LogP contribution in [-0.2, 0) is 0 Å². The Morgan fingerprint density at radius 1 is 1.03 bits per heavy atom. The lowest BCUT2D eigenvalue weighted by Crippen LogP contribution is -2.49. The maximum atomic E-state index is 14.1. The number of aromatic nitrogens is 2. The molecule has 0 saturated carbocycles. The molecule has 0 fully saturated rings. The summed E-state index contributed by atoms with van der Waals surface area (Å²) in [5, 5.41) is 8.06. The Labute approximate surface area is 163 Å². The Morgan fingerprint density at radius 2 is 1.86 bits per heavy atom. The Balaban J connectivity index is 1.40. The molecular weight excluding hydrogens is 380 g/mol. The largest absolute Gasteiger partial charge is 0.345 e. The van der Waals surface area contributed by atoms with Gasteiger partial charge in [0.1, 0.15) is 19.2 Å². The molecule has 10 heteroatoms. The van der Waals surface area contributed by atoms with Crippen LogP contribution in [0.3, 0.4) is 0 Å². The second kappa shape index (κ2) is 5.77. The van der Waals surface area contributed by atoms with Crippen LogP contribution in [0.15, 0.2) is 70.1 Å². The SMILES string of the molecule is Fc1ccc(-c2noc(N3CN=C4c5ccccc5N5CN(F)C=C5N43)n2)cc1. The van der Waals surface area contributed by atoms with E-state index in [1.54, 1.807) is 22.2 Å².